The molecule has 0 fully saturated rings. The van der Waals surface area contributed by atoms with Crippen LogP contribution in [0.3, 0.4) is 0 Å². The smallest absolute Gasteiger partial charge is 0.317 e. The van der Waals surface area contributed by atoms with Gasteiger partial charge in [0.2, 0.25) is 0 Å². The van der Waals surface area contributed by atoms with E-state index < -0.39 is 5.97 Å². The molecular formula is C16H21NO3. The molecule has 0 bridgehead atoms. The second-order valence-corrected chi connectivity index (χ2v) is 5.80. The van der Waals surface area contributed by atoms with Crippen molar-refractivity contribution >= 4 is 5.97 Å². The van der Waals surface area contributed by atoms with Crippen LogP contribution in [0.1, 0.15) is 25.0 Å². The zero-order valence-electron chi connectivity index (χ0n) is 12.1. The minimum Gasteiger partial charge on any atom is -0.487 e. The van der Waals surface area contributed by atoms with E-state index in [0.717, 1.165) is 17.7 Å². The minimum absolute atomic E-state index is 0.000912. The number of carboxylic acids is 1. The first-order chi connectivity index (χ1) is 9.41. The second-order valence-electron chi connectivity index (χ2n) is 5.80. The largest absolute Gasteiger partial charge is 0.487 e. The Balaban J connectivity index is 2.20. The maximum atomic E-state index is 10.9. The number of carboxylic acid groups (broad SMARTS) is 1. The van der Waals surface area contributed by atoms with Crippen LogP contribution in [-0.2, 0) is 17.8 Å². The average Bonchev–Trinajstić information content (AvgIpc) is 2.64. The number of aliphatic carboxylic acids is 1. The minimum atomic E-state index is -0.833. The van der Waals surface area contributed by atoms with Gasteiger partial charge in [0.1, 0.15) is 11.4 Å². The first-order valence-electron chi connectivity index (χ1n) is 6.76. The third-order valence-corrected chi connectivity index (χ3v) is 3.31. The summed E-state index contributed by atoms with van der Waals surface area (Å²) in [5.74, 6) is 0.0811. The number of fused-ring (bicyclic) bond motifs is 1. The summed E-state index contributed by atoms with van der Waals surface area (Å²) in [5, 5.41) is 8.96. The fourth-order valence-corrected chi connectivity index (χ4v) is 2.60. The SMILES string of the molecule is C=CCN(CC(=O)O)Cc1cccc2c1OC(C)(C)C2. The van der Waals surface area contributed by atoms with Crippen LogP contribution in [-0.4, -0.2) is 34.7 Å². The summed E-state index contributed by atoms with van der Waals surface area (Å²) >= 11 is 0. The van der Waals surface area contributed by atoms with Crippen molar-refractivity contribution in [2.75, 3.05) is 13.1 Å². The van der Waals surface area contributed by atoms with Crippen LogP contribution >= 0.6 is 0 Å². The molecule has 0 atom stereocenters. The lowest BCUT2D eigenvalue weighted by molar-refractivity contribution is -0.138. The maximum Gasteiger partial charge on any atom is 0.317 e. The Morgan fingerprint density at radius 2 is 2.30 bits per heavy atom. The molecule has 1 aliphatic heterocycles. The lowest BCUT2D eigenvalue weighted by Gasteiger charge is -2.21. The van der Waals surface area contributed by atoms with Gasteiger partial charge in [-0.2, -0.15) is 0 Å². The molecule has 4 nitrogen and oxygen atoms in total. The number of benzene rings is 1. The van der Waals surface area contributed by atoms with Gasteiger partial charge in [0.15, 0.2) is 0 Å². The summed E-state index contributed by atoms with van der Waals surface area (Å²) in [7, 11) is 0. The Labute approximate surface area is 119 Å². The molecule has 0 spiro atoms. The number of para-hydroxylation sites is 1. The summed E-state index contributed by atoms with van der Waals surface area (Å²) in [6.45, 7) is 8.90. The van der Waals surface area contributed by atoms with Crippen molar-refractivity contribution in [3.8, 4) is 5.75 Å². The van der Waals surface area contributed by atoms with Gasteiger partial charge in [-0.1, -0.05) is 24.3 Å². The Morgan fingerprint density at radius 1 is 1.55 bits per heavy atom. The van der Waals surface area contributed by atoms with Gasteiger partial charge in [-0.15, -0.1) is 6.58 Å². The number of hydrogen-bond acceptors (Lipinski definition) is 3. The summed E-state index contributed by atoms with van der Waals surface area (Å²) < 4.78 is 6.01. The summed E-state index contributed by atoms with van der Waals surface area (Å²) in [4.78, 5) is 12.7. The molecule has 1 aromatic rings. The molecule has 0 radical (unpaired) electrons. The van der Waals surface area contributed by atoms with Gasteiger partial charge in [-0.25, -0.2) is 0 Å². The van der Waals surface area contributed by atoms with E-state index >= 15 is 0 Å². The summed E-state index contributed by atoms with van der Waals surface area (Å²) in [6.07, 6.45) is 2.60. The number of nitrogens with zero attached hydrogens (tertiary/aromatic N) is 1. The van der Waals surface area contributed by atoms with Crippen LogP contribution in [0.5, 0.6) is 5.75 Å². The number of carbonyl (C=O) groups is 1. The van der Waals surface area contributed by atoms with E-state index in [2.05, 4.69) is 26.5 Å². The van der Waals surface area contributed by atoms with Crippen LogP contribution in [0.15, 0.2) is 30.9 Å². The normalized spacial score (nSPS) is 15.8. The molecule has 4 heteroatoms. The van der Waals surface area contributed by atoms with Crippen LogP contribution in [0.25, 0.3) is 0 Å². The van der Waals surface area contributed by atoms with E-state index in [1.165, 1.54) is 5.56 Å². The molecule has 20 heavy (non-hydrogen) atoms. The first-order valence-corrected chi connectivity index (χ1v) is 6.76. The highest BCUT2D eigenvalue weighted by Crippen LogP contribution is 2.37. The zero-order chi connectivity index (χ0) is 14.8. The fourth-order valence-electron chi connectivity index (χ4n) is 2.60. The topological polar surface area (TPSA) is 49.8 Å². The zero-order valence-corrected chi connectivity index (χ0v) is 12.1. The number of ether oxygens (including phenoxy) is 1. The van der Waals surface area contributed by atoms with E-state index in [0.29, 0.717) is 13.1 Å². The molecule has 1 N–H and O–H groups in total. The van der Waals surface area contributed by atoms with Crippen molar-refractivity contribution in [1.29, 1.82) is 0 Å². The Morgan fingerprint density at radius 3 is 2.95 bits per heavy atom. The fraction of sp³-hybridized carbons (Fsp3) is 0.438. The molecule has 0 saturated heterocycles. The third-order valence-electron chi connectivity index (χ3n) is 3.31. The highest BCUT2D eigenvalue weighted by atomic mass is 16.5. The Hall–Kier alpha value is -1.81. The highest BCUT2D eigenvalue weighted by Gasteiger charge is 2.31. The van der Waals surface area contributed by atoms with E-state index in [4.69, 9.17) is 9.84 Å². The number of hydrogen-bond donors (Lipinski definition) is 1. The summed E-state index contributed by atoms with van der Waals surface area (Å²) in [5.41, 5.74) is 2.05. The molecule has 0 unspecified atom stereocenters. The summed E-state index contributed by atoms with van der Waals surface area (Å²) in [6, 6.07) is 6.08. The van der Waals surface area contributed by atoms with Gasteiger partial charge in [0, 0.05) is 25.1 Å². The van der Waals surface area contributed by atoms with Crippen molar-refractivity contribution in [3.05, 3.63) is 42.0 Å². The lowest BCUT2D eigenvalue weighted by atomic mass is 10.0. The lowest BCUT2D eigenvalue weighted by Crippen LogP contribution is -2.30. The second kappa shape index (κ2) is 5.67. The van der Waals surface area contributed by atoms with Crippen LogP contribution in [0, 0.1) is 0 Å². The molecule has 1 aromatic carbocycles. The Kier molecular flexibility index (Phi) is 4.14. The molecule has 0 aliphatic carbocycles. The average molecular weight is 275 g/mol. The van der Waals surface area contributed by atoms with E-state index in [9.17, 15) is 4.79 Å². The van der Waals surface area contributed by atoms with E-state index in [1.54, 1.807) is 6.08 Å². The molecule has 2 rings (SSSR count). The molecule has 1 aliphatic rings. The van der Waals surface area contributed by atoms with Gasteiger partial charge >= 0.3 is 5.97 Å². The molecule has 1 heterocycles. The Bertz CT molecular complexity index is 522. The van der Waals surface area contributed by atoms with Crippen molar-refractivity contribution in [1.82, 2.24) is 4.90 Å². The van der Waals surface area contributed by atoms with Gasteiger partial charge in [0.25, 0.3) is 0 Å². The molecule has 0 saturated carbocycles. The van der Waals surface area contributed by atoms with Crippen LogP contribution in [0.2, 0.25) is 0 Å². The van der Waals surface area contributed by atoms with Crippen LogP contribution < -0.4 is 4.74 Å². The first kappa shape index (κ1) is 14.6. The van der Waals surface area contributed by atoms with Gasteiger partial charge in [-0.3, -0.25) is 9.69 Å². The highest BCUT2D eigenvalue weighted by molar-refractivity contribution is 5.69. The maximum absolute atomic E-state index is 10.9. The molecular weight excluding hydrogens is 254 g/mol. The predicted octanol–water partition coefficient (Wildman–Crippen LogP) is 2.47. The van der Waals surface area contributed by atoms with E-state index in [-0.39, 0.29) is 12.1 Å². The van der Waals surface area contributed by atoms with Gasteiger partial charge in [0.05, 0.1) is 6.54 Å². The van der Waals surface area contributed by atoms with Gasteiger partial charge in [-0.05, 0) is 19.4 Å². The van der Waals surface area contributed by atoms with Crippen molar-refractivity contribution in [2.24, 2.45) is 0 Å². The molecule has 108 valence electrons. The van der Waals surface area contributed by atoms with Crippen molar-refractivity contribution < 1.29 is 14.6 Å². The third kappa shape index (κ3) is 3.39. The van der Waals surface area contributed by atoms with Crippen LogP contribution in [0.4, 0.5) is 0 Å². The quantitative estimate of drug-likeness (QED) is 0.810. The molecule has 0 amide bonds. The van der Waals surface area contributed by atoms with Gasteiger partial charge < -0.3 is 9.84 Å². The van der Waals surface area contributed by atoms with Crippen molar-refractivity contribution in [3.63, 3.8) is 0 Å². The monoisotopic (exact) mass is 275 g/mol. The standard InChI is InChI=1S/C16H21NO3/c1-4-8-17(11-14(18)19)10-13-7-5-6-12-9-16(2,3)20-15(12)13/h4-7H,1,8-11H2,2-3H3,(H,18,19). The van der Waals surface area contributed by atoms with E-state index in [1.807, 2.05) is 17.0 Å². The predicted molar refractivity (Wildman–Crippen MR) is 78.0 cm³/mol. The number of rotatable bonds is 6. The van der Waals surface area contributed by atoms with Crippen molar-refractivity contribution in [2.45, 2.75) is 32.4 Å². The molecule has 0 aromatic heterocycles.